The van der Waals surface area contributed by atoms with E-state index in [9.17, 15) is 9.79 Å². The molecule has 0 saturated carbocycles. The van der Waals surface area contributed by atoms with Crippen LogP contribution in [0.4, 0.5) is 0 Å². The van der Waals surface area contributed by atoms with Gasteiger partial charge in [-0.05, 0) is 0 Å². The first-order valence-electron chi connectivity index (χ1n) is 15.5. The van der Waals surface area contributed by atoms with E-state index in [0.717, 1.165) is 30.4 Å². The molecular formula is C36H61O3P. The van der Waals surface area contributed by atoms with Crippen molar-refractivity contribution in [1.82, 2.24) is 0 Å². The van der Waals surface area contributed by atoms with Crippen molar-refractivity contribution in [1.29, 1.82) is 0 Å². The summed E-state index contributed by atoms with van der Waals surface area (Å²) in [6.07, 6.45) is 6.63. The van der Waals surface area contributed by atoms with Crippen LogP contribution in [0, 0.1) is 0 Å². The molecule has 0 spiro atoms. The van der Waals surface area contributed by atoms with Gasteiger partial charge in [-0.3, -0.25) is 0 Å². The van der Waals surface area contributed by atoms with E-state index in [0.29, 0.717) is 17.2 Å². The molecule has 0 radical (unpaired) electrons. The quantitative estimate of drug-likeness (QED) is 0.220. The van der Waals surface area contributed by atoms with Gasteiger partial charge in [-0.2, -0.15) is 0 Å². The normalized spacial score (nSPS) is 14.7. The summed E-state index contributed by atoms with van der Waals surface area (Å²) in [6, 6.07) is 12.4. The minimum atomic E-state index is -5.07. The van der Waals surface area contributed by atoms with Crippen molar-refractivity contribution in [3.63, 3.8) is 0 Å². The van der Waals surface area contributed by atoms with Crippen molar-refractivity contribution >= 4 is 17.9 Å². The average molecular weight is 573 g/mol. The van der Waals surface area contributed by atoms with Crippen LogP contribution in [0.5, 0.6) is 0 Å². The average Bonchev–Trinajstić information content (AvgIpc) is 2.80. The monoisotopic (exact) mass is 572 g/mol. The van der Waals surface area contributed by atoms with Crippen molar-refractivity contribution in [3.8, 4) is 0 Å². The summed E-state index contributed by atoms with van der Waals surface area (Å²) in [7, 11) is -5.07. The number of hydrogen-bond acceptors (Lipinski definition) is 3. The fourth-order valence-electron chi connectivity index (χ4n) is 5.30. The third-order valence-electron chi connectivity index (χ3n) is 8.04. The molecule has 40 heavy (non-hydrogen) atoms. The van der Waals surface area contributed by atoms with Gasteiger partial charge in [-0.1, -0.05) is 0 Å². The van der Waals surface area contributed by atoms with Crippen LogP contribution in [0.3, 0.4) is 0 Å². The number of unbranched alkanes of at least 4 members (excludes halogenated alkanes) is 5. The SMILES string of the molecule is CCCCCCCCOP(O)(O)(c1ccc(C(C)(C)C)cc1C(C)(C)C)c1ccc(C(C)(C)C)cc1C(C)(C)C. The standard InChI is InChI=1S/C36H61O3P/c1-14-15-16-17-18-19-24-39-40(37,38,31-22-20-27(33(2,3)4)25-29(31)35(8,9)10)32-23-21-28(34(5,6)7)26-30(32)36(11,12)13/h20-23,25-26,37-38H,14-19,24H2,1-13H3. The van der Waals surface area contributed by atoms with Gasteiger partial charge in [0.25, 0.3) is 0 Å². The molecule has 0 unspecified atom stereocenters. The number of rotatable bonds is 10. The van der Waals surface area contributed by atoms with Gasteiger partial charge in [0, 0.05) is 0 Å². The number of hydrogen-bond donors (Lipinski definition) is 2. The zero-order valence-corrected chi connectivity index (χ0v) is 29.1. The summed E-state index contributed by atoms with van der Waals surface area (Å²) >= 11 is 0. The molecule has 3 nitrogen and oxygen atoms in total. The van der Waals surface area contributed by atoms with E-state index in [1.807, 2.05) is 12.1 Å². The van der Waals surface area contributed by atoms with Gasteiger partial charge in [-0.15, -0.1) is 0 Å². The molecule has 2 N–H and O–H groups in total. The molecule has 0 bridgehead atoms. The van der Waals surface area contributed by atoms with E-state index in [1.54, 1.807) is 0 Å². The molecule has 0 aromatic heterocycles. The summed E-state index contributed by atoms with van der Waals surface area (Å²) < 4.78 is 6.56. The summed E-state index contributed by atoms with van der Waals surface area (Å²) in [5.41, 5.74) is 3.46. The van der Waals surface area contributed by atoms with Gasteiger partial charge in [0.15, 0.2) is 0 Å². The Hall–Kier alpha value is -1.25. The Morgan fingerprint density at radius 3 is 1.27 bits per heavy atom. The van der Waals surface area contributed by atoms with Gasteiger partial charge >= 0.3 is 248 Å². The molecule has 0 aliphatic heterocycles. The third kappa shape index (κ3) is 8.19. The van der Waals surface area contributed by atoms with E-state index in [1.165, 1.54) is 30.4 Å². The van der Waals surface area contributed by atoms with Gasteiger partial charge in [0.05, 0.1) is 0 Å². The first-order valence-corrected chi connectivity index (χ1v) is 17.6. The first-order chi connectivity index (χ1) is 18.0. The van der Waals surface area contributed by atoms with Gasteiger partial charge < -0.3 is 0 Å². The molecule has 0 heterocycles. The second kappa shape index (κ2) is 12.2. The predicted molar refractivity (Wildman–Crippen MR) is 178 cm³/mol. The number of benzene rings is 2. The maximum atomic E-state index is 13.0. The van der Waals surface area contributed by atoms with E-state index >= 15 is 0 Å². The second-order valence-corrected chi connectivity index (χ2v) is 19.1. The van der Waals surface area contributed by atoms with E-state index < -0.39 is 7.28 Å². The van der Waals surface area contributed by atoms with Crippen molar-refractivity contribution in [2.45, 2.75) is 150 Å². The Morgan fingerprint density at radius 2 is 0.925 bits per heavy atom. The van der Waals surface area contributed by atoms with Gasteiger partial charge in [-0.25, -0.2) is 0 Å². The predicted octanol–water partition coefficient (Wildman–Crippen LogP) is 9.49. The fourth-order valence-corrected chi connectivity index (χ4v) is 8.67. The molecule has 2 aromatic rings. The van der Waals surface area contributed by atoms with E-state index in [2.05, 4.69) is 114 Å². The molecule has 0 atom stereocenters. The van der Waals surface area contributed by atoms with Crippen LogP contribution in [-0.2, 0) is 26.2 Å². The summed E-state index contributed by atoms with van der Waals surface area (Å²) in [4.78, 5) is 26.0. The molecule has 0 saturated heterocycles. The van der Waals surface area contributed by atoms with Gasteiger partial charge in [0.1, 0.15) is 0 Å². The Kier molecular flexibility index (Phi) is 10.6. The zero-order valence-electron chi connectivity index (χ0n) is 28.2. The van der Waals surface area contributed by atoms with Crippen molar-refractivity contribution in [3.05, 3.63) is 58.7 Å². The summed E-state index contributed by atoms with van der Waals surface area (Å²) in [5.74, 6) is 0. The van der Waals surface area contributed by atoms with Crippen molar-refractivity contribution in [2.24, 2.45) is 0 Å². The van der Waals surface area contributed by atoms with Crippen molar-refractivity contribution < 1.29 is 14.3 Å². The molecular weight excluding hydrogens is 511 g/mol. The van der Waals surface area contributed by atoms with Crippen LogP contribution in [0.15, 0.2) is 36.4 Å². The third-order valence-corrected chi connectivity index (χ3v) is 11.2. The fraction of sp³-hybridized carbons (Fsp3) is 0.667. The van der Waals surface area contributed by atoms with Crippen LogP contribution in [-0.4, -0.2) is 16.4 Å². The molecule has 2 aromatic carbocycles. The molecule has 0 amide bonds. The topological polar surface area (TPSA) is 49.7 Å². The minimum absolute atomic E-state index is 0.0653. The van der Waals surface area contributed by atoms with E-state index in [-0.39, 0.29) is 21.7 Å². The first kappa shape index (κ1) is 34.9. The van der Waals surface area contributed by atoms with Gasteiger partial charge in [0.2, 0.25) is 0 Å². The Labute approximate surface area is 247 Å². The van der Waals surface area contributed by atoms with Crippen LogP contribution in [0.2, 0.25) is 0 Å². The maximum absolute atomic E-state index is 13.0. The van der Waals surface area contributed by atoms with E-state index in [4.69, 9.17) is 4.52 Å². The Morgan fingerprint density at radius 1 is 0.550 bits per heavy atom. The Balaban J connectivity index is 2.87. The molecule has 0 aliphatic carbocycles. The summed E-state index contributed by atoms with van der Waals surface area (Å²) in [5, 5.41) is 1.07. The molecule has 4 heteroatoms. The molecule has 0 fully saturated rings. The van der Waals surface area contributed by atoms with Crippen LogP contribution >= 0.6 is 7.28 Å². The molecule has 228 valence electrons. The zero-order chi connectivity index (χ0) is 30.8. The molecule has 2 rings (SSSR count). The molecule has 0 aliphatic rings. The Bertz CT molecular complexity index is 1060. The second-order valence-electron chi connectivity index (χ2n) is 16.0. The van der Waals surface area contributed by atoms with Crippen LogP contribution in [0.1, 0.15) is 151 Å². The van der Waals surface area contributed by atoms with Crippen LogP contribution in [0.25, 0.3) is 0 Å². The summed E-state index contributed by atoms with van der Waals surface area (Å²) in [6.45, 7) is 28.6. The van der Waals surface area contributed by atoms with Crippen LogP contribution < -0.4 is 10.6 Å². The van der Waals surface area contributed by atoms with Crippen molar-refractivity contribution in [2.75, 3.05) is 6.61 Å².